The van der Waals surface area contributed by atoms with Gasteiger partial charge in [-0.05, 0) is 30.2 Å². The Morgan fingerprint density at radius 2 is 1.58 bits per heavy atom. The van der Waals surface area contributed by atoms with E-state index in [1.54, 1.807) is 14.2 Å². The molecule has 0 bridgehead atoms. The maximum atomic E-state index is 5.40. The highest BCUT2D eigenvalue weighted by Gasteiger charge is 2.42. The summed E-state index contributed by atoms with van der Waals surface area (Å²) in [7, 11) is 3.35. The summed E-state index contributed by atoms with van der Waals surface area (Å²) in [4.78, 5) is 1.27. The summed E-state index contributed by atoms with van der Waals surface area (Å²) in [5.74, 6) is 1.59. The van der Waals surface area contributed by atoms with Crippen LogP contribution in [0.25, 0.3) is 0 Å². The highest BCUT2D eigenvalue weighted by atomic mass is 32.2. The van der Waals surface area contributed by atoms with Gasteiger partial charge in [-0.15, -0.1) is 11.8 Å². The number of ether oxygens (including phenoxy) is 2. The minimum absolute atomic E-state index is 0.0101. The van der Waals surface area contributed by atoms with Gasteiger partial charge in [-0.1, -0.05) is 30.3 Å². The van der Waals surface area contributed by atoms with Gasteiger partial charge in [0.1, 0.15) is 0 Å². The third-order valence-electron chi connectivity index (χ3n) is 3.64. The van der Waals surface area contributed by atoms with E-state index in [0.29, 0.717) is 0 Å². The van der Waals surface area contributed by atoms with Crippen molar-refractivity contribution >= 4 is 11.8 Å². The van der Waals surface area contributed by atoms with Crippen LogP contribution < -0.4 is 9.47 Å². The molecule has 0 spiro atoms. The van der Waals surface area contributed by atoms with Crippen molar-refractivity contribution in [2.45, 2.75) is 16.6 Å². The molecule has 1 unspecified atom stereocenters. The molecule has 2 aromatic rings. The lowest BCUT2D eigenvalue weighted by Gasteiger charge is -2.41. The van der Waals surface area contributed by atoms with E-state index in [-0.39, 0.29) is 4.75 Å². The lowest BCUT2D eigenvalue weighted by atomic mass is 9.90. The Morgan fingerprint density at radius 3 is 2.21 bits per heavy atom. The zero-order chi connectivity index (χ0) is 13.5. The Kier molecular flexibility index (Phi) is 2.94. The first-order valence-electron chi connectivity index (χ1n) is 6.20. The van der Waals surface area contributed by atoms with Crippen LogP contribution in [0.4, 0.5) is 0 Å². The van der Waals surface area contributed by atoms with Gasteiger partial charge < -0.3 is 9.47 Å². The maximum absolute atomic E-state index is 5.40. The molecule has 1 heterocycles. The number of fused-ring (bicyclic) bond motifs is 1. The molecule has 19 heavy (non-hydrogen) atoms. The summed E-state index contributed by atoms with van der Waals surface area (Å²) in [5, 5.41) is 0. The topological polar surface area (TPSA) is 18.5 Å². The van der Waals surface area contributed by atoms with Crippen molar-refractivity contribution in [3.05, 3.63) is 53.6 Å². The van der Waals surface area contributed by atoms with Crippen molar-refractivity contribution in [2.24, 2.45) is 0 Å². The van der Waals surface area contributed by atoms with Gasteiger partial charge in [0.05, 0.1) is 19.0 Å². The molecule has 1 aliphatic rings. The molecule has 0 saturated carbocycles. The van der Waals surface area contributed by atoms with Crippen LogP contribution in [-0.2, 0) is 4.75 Å². The molecule has 98 valence electrons. The normalized spacial score (nSPS) is 20.4. The molecule has 3 rings (SSSR count). The zero-order valence-corrected chi connectivity index (χ0v) is 12.1. The second-order valence-corrected chi connectivity index (χ2v) is 6.17. The molecular formula is C16H16O2S. The molecule has 0 radical (unpaired) electrons. The number of benzene rings is 2. The van der Waals surface area contributed by atoms with Crippen molar-refractivity contribution in [1.29, 1.82) is 0 Å². The SMILES string of the molecule is COc1cc2c(cc1OC)C(C)(c1ccccc1)S2. The first-order chi connectivity index (χ1) is 9.19. The molecule has 0 N–H and O–H groups in total. The summed E-state index contributed by atoms with van der Waals surface area (Å²) < 4.78 is 10.8. The van der Waals surface area contributed by atoms with Gasteiger partial charge in [-0.3, -0.25) is 0 Å². The van der Waals surface area contributed by atoms with Gasteiger partial charge in [0.15, 0.2) is 11.5 Å². The lowest BCUT2D eigenvalue weighted by Crippen LogP contribution is -2.27. The summed E-state index contributed by atoms with van der Waals surface area (Å²) in [6.45, 7) is 2.25. The molecule has 0 fully saturated rings. The third kappa shape index (κ3) is 1.80. The average Bonchev–Trinajstić information content (AvgIpc) is 2.46. The van der Waals surface area contributed by atoms with Crippen molar-refractivity contribution in [1.82, 2.24) is 0 Å². The monoisotopic (exact) mass is 272 g/mol. The predicted molar refractivity (Wildman–Crippen MR) is 78.3 cm³/mol. The largest absolute Gasteiger partial charge is 0.493 e. The molecule has 2 aromatic carbocycles. The van der Waals surface area contributed by atoms with Gasteiger partial charge in [0.25, 0.3) is 0 Å². The predicted octanol–water partition coefficient (Wildman–Crippen LogP) is 4.07. The molecule has 0 saturated heterocycles. The quantitative estimate of drug-likeness (QED) is 0.839. The van der Waals surface area contributed by atoms with Crippen molar-refractivity contribution in [3.8, 4) is 11.5 Å². The fourth-order valence-corrected chi connectivity index (χ4v) is 3.88. The molecule has 3 heteroatoms. The third-order valence-corrected chi connectivity index (χ3v) is 5.06. The van der Waals surface area contributed by atoms with E-state index >= 15 is 0 Å². The van der Waals surface area contributed by atoms with E-state index in [1.165, 1.54) is 16.0 Å². The highest BCUT2D eigenvalue weighted by molar-refractivity contribution is 8.02. The first kappa shape index (κ1) is 12.4. The summed E-state index contributed by atoms with van der Waals surface area (Å²) >= 11 is 1.87. The van der Waals surface area contributed by atoms with Crippen LogP contribution >= 0.6 is 11.8 Å². The van der Waals surface area contributed by atoms with Crippen LogP contribution in [0.2, 0.25) is 0 Å². The van der Waals surface area contributed by atoms with E-state index in [0.717, 1.165) is 11.5 Å². The van der Waals surface area contributed by atoms with E-state index in [1.807, 2.05) is 17.8 Å². The molecule has 2 nitrogen and oxygen atoms in total. The maximum Gasteiger partial charge on any atom is 0.161 e. The van der Waals surface area contributed by atoms with Crippen LogP contribution in [-0.4, -0.2) is 14.2 Å². The fourth-order valence-electron chi connectivity index (χ4n) is 2.52. The van der Waals surface area contributed by atoms with Crippen LogP contribution in [0.15, 0.2) is 47.4 Å². The van der Waals surface area contributed by atoms with Crippen LogP contribution in [0.5, 0.6) is 11.5 Å². The van der Waals surface area contributed by atoms with Crippen LogP contribution in [0, 0.1) is 0 Å². The summed E-state index contributed by atoms with van der Waals surface area (Å²) in [5.41, 5.74) is 2.63. The number of hydrogen-bond acceptors (Lipinski definition) is 3. The Balaban J connectivity index is 2.08. The van der Waals surface area contributed by atoms with Crippen LogP contribution in [0.1, 0.15) is 18.1 Å². The van der Waals surface area contributed by atoms with E-state index < -0.39 is 0 Å². The number of methoxy groups -OCH3 is 2. The Labute approximate surface area is 117 Å². The second-order valence-electron chi connectivity index (χ2n) is 4.70. The lowest BCUT2D eigenvalue weighted by molar-refractivity contribution is 0.352. The smallest absolute Gasteiger partial charge is 0.161 e. The minimum atomic E-state index is 0.0101. The van der Waals surface area contributed by atoms with Gasteiger partial charge in [0.2, 0.25) is 0 Å². The highest BCUT2D eigenvalue weighted by Crippen LogP contribution is 2.60. The molecule has 0 aromatic heterocycles. The first-order valence-corrected chi connectivity index (χ1v) is 7.01. The van der Waals surface area contributed by atoms with Gasteiger partial charge in [-0.25, -0.2) is 0 Å². The van der Waals surface area contributed by atoms with E-state index in [9.17, 15) is 0 Å². The summed E-state index contributed by atoms with van der Waals surface area (Å²) in [6.07, 6.45) is 0. The molecule has 0 amide bonds. The second kappa shape index (κ2) is 4.49. The van der Waals surface area contributed by atoms with Crippen LogP contribution in [0.3, 0.4) is 0 Å². The molecule has 1 aliphatic heterocycles. The van der Waals surface area contributed by atoms with E-state index in [4.69, 9.17) is 9.47 Å². The summed E-state index contributed by atoms with van der Waals surface area (Å²) in [6, 6.07) is 14.7. The van der Waals surface area contributed by atoms with Gasteiger partial charge in [0, 0.05) is 4.90 Å². The molecule has 0 aliphatic carbocycles. The zero-order valence-electron chi connectivity index (χ0n) is 11.3. The minimum Gasteiger partial charge on any atom is -0.493 e. The van der Waals surface area contributed by atoms with E-state index in [2.05, 4.69) is 43.3 Å². The number of thioether (sulfide) groups is 1. The number of hydrogen-bond donors (Lipinski definition) is 0. The molecule has 1 atom stereocenters. The molecular weight excluding hydrogens is 256 g/mol. The van der Waals surface area contributed by atoms with Gasteiger partial charge >= 0.3 is 0 Å². The Morgan fingerprint density at radius 1 is 0.947 bits per heavy atom. The number of rotatable bonds is 3. The Hall–Kier alpha value is -1.61. The fraction of sp³-hybridized carbons (Fsp3) is 0.250. The van der Waals surface area contributed by atoms with Crippen molar-refractivity contribution in [2.75, 3.05) is 14.2 Å². The Bertz CT molecular complexity index is 610. The van der Waals surface area contributed by atoms with Crippen molar-refractivity contribution < 1.29 is 9.47 Å². The van der Waals surface area contributed by atoms with Crippen molar-refractivity contribution in [3.63, 3.8) is 0 Å². The standard InChI is InChI=1S/C16H16O2S/c1-16(11-7-5-4-6-8-11)12-9-13(17-2)14(18-3)10-15(12)19-16/h4-10H,1-3H3. The average molecular weight is 272 g/mol. The van der Waals surface area contributed by atoms with Gasteiger partial charge in [-0.2, -0.15) is 0 Å².